The van der Waals surface area contributed by atoms with Gasteiger partial charge in [-0.3, -0.25) is 0 Å². The Labute approximate surface area is 166 Å². The summed E-state index contributed by atoms with van der Waals surface area (Å²) in [5.41, 5.74) is -1.64. The predicted molar refractivity (Wildman–Crippen MR) is 96.2 cm³/mol. The highest BCUT2D eigenvalue weighted by Crippen LogP contribution is 2.35. The van der Waals surface area contributed by atoms with Gasteiger partial charge >= 0.3 is 17.9 Å². The molecule has 0 fully saturated rings. The van der Waals surface area contributed by atoms with Crippen LogP contribution in [0.3, 0.4) is 0 Å². The van der Waals surface area contributed by atoms with Crippen LogP contribution in [0.5, 0.6) is 0 Å². The summed E-state index contributed by atoms with van der Waals surface area (Å²) >= 11 is 0. The number of carbonyl (C=O) groups is 3. The van der Waals surface area contributed by atoms with Gasteiger partial charge in [-0.25, -0.2) is 9.59 Å². The molecule has 29 heavy (non-hydrogen) atoms. The minimum Gasteiger partial charge on any atom is -0.544 e. The number of hydrogen-bond donors (Lipinski definition) is 0. The van der Waals surface area contributed by atoms with Crippen molar-refractivity contribution in [3.8, 4) is 0 Å². The van der Waals surface area contributed by atoms with E-state index in [1.54, 1.807) is 20.8 Å². The van der Waals surface area contributed by atoms with Crippen molar-refractivity contribution in [2.45, 2.75) is 38.4 Å². The van der Waals surface area contributed by atoms with Crippen molar-refractivity contribution in [1.29, 1.82) is 0 Å². The van der Waals surface area contributed by atoms with E-state index in [4.69, 9.17) is 9.47 Å². The van der Waals surface area contributed by atoms with Crippen LogP contribution in [0, 0.1) is 0 Å². The second kappa shape index (κ2) is 8.38. The molecule has 2 rings (SSSR count). The topological polar surface area (TPSA) is 92.7 Å². The molecule has 0 saturated heterocycles. The van der Waals surface area contributed by atoms with Crippen LogP contribution < -0.4 is 5.11 Å². The number of aliphatic carboxylic acids is 1. The Kier molecular flexibility index (Phi) is 6.36. The van der Waals surface area contributed by atoms with Crippen molar-refractivity contribution in [3.63, 3.8) is 0 Å². The molecule has 0 radical (unpaired) electrons. The van der Waals surface area contributed by atoms with Gasteiger partial charge < -0.3 is 19.4 Å². The number of carboxylic acids is 1. The Morgan fingerprint density at radius 1 is 0.862 bits per heavy atom. The molecule has 2 aromatic rings. The summed E-state index contributed by atoms with van der Waals surface area (Å²) in [7, 11) is 0. The molecule has 0 amide bonds. The molecule has 6 nitrogen and oxygen atoms in total. The smallest absolute Gasteiger partial charge is 0.339 e. The van der Waals surface area contributed by atoms with Gasteiger partial charge in [-0.15, -0.1) is 0 Å². The van der Waals surface area contributed by atoms with Crippen LogP contribution in [-0.4, -0.2) is 29.4 Å². The number of carboxylic acid groups (broad SMARTS) is 1. The number of ether oxygens (including phenoxy) is 2. The van der Waals surface area contributed by atoms with E-state index in [0.29, 0.717) is 0 Å². The van der Waals surface area contributed by atoms with Crippen molar-refractivity contribution >= 4 is 17.9 Å². The fraction of sp³-hybridized carbons (Fsp3) is 0.286. The fourth-order valence-electron chi connectivity index (χ4n) is 2.43. The Morgan fingerprint density at radius 2 is 1.34 bits per heavy atom. The molecule has 154 valence electrons. The van der Waals surface area contributed by atoms with Crippen molar-refractivity contribution in [2.24, 2.45) is 0 Å². The summed E-state index contributed by atoms with van der Waals surface area (Å²) in [6.45, 7) is 4.87. The normalized spacial score (nSPS) is 12.7. The van der Waals surface area contributed by atoms with E-state index >= 15 is 0 Å². The third-order valence-electron chi connectivity index (χ3n) is 3.69. The molecule has 0 aliphatic heterocycles. The van der Waals surface area contributed by atoms with Crippen LogP contribution in [0.2, 0.25) is 0 Å². The van der Waals surface area contributed by atoms with Crippen molar-refractivity contribution < 1.29 is 37.7 Å². The zero-order valence-electron chi connectivity index (χ0n) is 16.0. The molecule has 8 heteroatoms. The average molecular weight is 405 g/mol. The van der Waals surface area contributed by atoms with E-state index in [1.807, 2.05) is 0 Å². The number of benzene rings is 2. The highest BCUT2D eigenvalue weighted by molar-refractivity contribution is 6.03. The largest absolute Gasteiger partial charge is 0.544 e. The van der Waals surface area contributed by atoms with E-state index in [9.17, 15) is 28.3 Å². The quantitative estimate of drug-likeness (QED) is 0.686. The van der Waals surface area contributed by atoms with Crippen LogP contribution in [0.4, 0.5) is 8.78 Å². The van der Waals surface area contributed by atoms with Gasteiger partial charge in [0.1, 0.15) is 11.6 Å². The minimum absolute atomic E-state index is 0.198. The molecule has 0 aliphatic carbocycles. The average Bonchev–Trinajstić information content (AvgIpc) is 2.65. The number of halogens is 2. The van der Waals surface area contributed by atoms with Crippen molar-refractivity contribution in [2.75, 3.05) is 0 Å². The first-order chi connectivity index (χ1) is 13.4. The minimum atomic E-state index is -4.50. The van der Waals surface area contributed by atoms with Gasteiger partial charge in [0.15, 0.2) is 6.10 Å². The summed E-state index contributed by atoms with van der Waals surface area (Å²) < 4.78 is 38.5. The lowest BCUT2D eigenvalue weighted by Gasteiger charge is -2.28. The van der Waals surface area contributed by atoms with Gasteiger partial charge in [-0.1, -0.05) is 42.5 Å². The van der Waals surface area contributed by atoms with Gasteiger partial charge in [0.25, 0.3) is 0 Å². The highest BCUT2D eigenvalue weighted by atomic mass is 19.3. The molecule has 1 unspecified atom stereocenters. The van der Waals surface area contributed by atoms with Crippen LogP contribution in [0.1, 0.15) is 53.2 Å². The third kappa shape index (κ3) is 5.37. The Morgan fingerprint density at radius 3 is 1.83 bits per heavy atom. The predicted octanol–water partition coefficient (Wildman–Crippen LogP) is 2.93. The summed E-state index contributed by atoms with van der Waals surface area (Å²) in [6, 6.07) is 12.0. The number of alkyl halides is 2. The Balaban J connectivity index is 2.41. The molecule has 0 aliphatic rings. The standard InChI is InChI=1S/C21H20F2O6/c1-20(2,3)29-18(25)15-12-8-7-11-14(15)17(24)28-16(21(22,23)19(26)27)13-9-5-4-6-10-13/h4-12,16H,1-3H3,(H,26,27)/p-1. The molecular formula is C21H19F2O6-. The number of rotatable bonds is 6. The number of esters is 2. The maximum absolute atomic E-state index is 14.2. The Bertz CT molecular complexity index is 903. The van der Waals surface area contributed by atoms with E-state index in [1.165, 1.54) is 54.6 Å². The molecule has 0 N–H and O–H groups in total. The van der Waals surface area contributed by atoms with Gasteiger partial charge in [0.2, 0.25) is 0 Å². The maximum atomic E-state index is 14.2. The SMILES string of the molecule is CC(C)(C)OC(=O)c1ccccc1C(=O)OC(c1ccccc1)C(F)(F)C(=O)[O-]. The molecule has 0 aromatic heterocycles. The molecule has 0 spiro atoms. The Hall–Kier alpha value is -3.29. The van der Waals surface area contributed by atoms with E-state index in [-0.39, 0.29) is 16.7 Å². The molecule has 0 bridgehead atoms. The first-order valence-corrected chi connectivity index (χ1v) is 8.61. The molecule has 1 atom stereocenters. The maximum Gasteiger partial charge on any atom is 0.339 e. The molecule has 2 aromatic carbocycles. The summed E-state index contributed by atoms with van der Waals surface area (Å²) in [5, 5.41) is 11.0. The van der Waals surface area contributed by atoms with Gasteiger partial charge in [0, 0.05) is 0 Å². The second-order valence-electron chi connectivity index (χ2n) is 7.15. The number of carbonyl (C=O) groups excluding carboxylic acids is 3. The van der Waals surface area contributed by atoms with Crippen LogP contribution >= 0.6 is 0 Å². The third-order valence-corrected chi connectivity index (χ3v) is 3.69. The first kappa shape index (κ1) is 22.0. The van der Waals surface area contributed by atoms with Gasteiger partial charge in [-0.2, -0.15) is 8.78 Å². The number of hydrogen-bond acceptors (Lipinski definition) is 6. The van der Waals surface area contributed by atoms with Crippen LogP contribution in [0.25, 0.3) is 0 Å². The lowest BCUT2D eigenvalue weighted by Crippen LogP contribution is -2.47. The van der Waals surface area contributed by atoms with Crippen LogP contribution in [0.15, 0.2) is 54.6 Å². The zero-order chi connectivity index (χ0) is 21.8. The second-order valence-corrected chi connectivity index (χ2v) is 7.15. The molecular weight excluding hydrogens is 386 g/mol. The van der Waals surface area contributed by atoms with Crippen LogP contribution in [-0.2, 0) is 14.3 Å². The van der Waals surface area contributed by atoms with E-state index in [0.717, 1.165) is 0 Å². The first-order valence-electron chi connectivity index (χ1n) is 8.61. The highest BCUT2D eigenvalue weighted by Gasteiger charge is 2.45. The lowest BCUT2D eigenvalue weighted by atomic mass is 10.0. The van der Waals surface area contributed by atoms with Crippen molar-refractivity contribution in [3.05, 3.63) is 71.3 Å². The summed E-state index contributed by atoms with van der Waals surface area (Å²) in [6.07, 6.45) is -2.45. The van der Waals surface area contributed by atoms with Gasteiger partial charge in [-0.05, 0) is 38.5 Å². The van der Waals surface area contributed by atoms with Crippen molar-refractivity contribution in [1.82, 2.24) is 0 Å². The van der Waals surface area contributed by atoms with Gasteiger partial charge in [0.05, 0.1) is 11.1 Å². The molecule has 0 heterocycles. The summed E-state index contributed by atoms with van der Waals surface area (Å²) in [4.78, 5) is 35.9. The zero-order valence-corrected chi connectivity index (χ0v) is 16.0. The lowest BCUT2D eigenvalue weighted by molar-refractivity contribution is -0.336. The fourth-order valence-corrected chi connectivity index (χ4v) is 2.43. The molecule has 0 saturated carbocycles. The van der Waals surface area contributed by atoms with E-state index < -0.39 is 35.5 Å². The monoisotopic (exact) mass is 405 g/mol. The summed E-state index contributed by atoms with van der Waals surface area (Å²) in [5.74, 6) is -9.36. The van der Waals surface area contributed by atoms with E-state index in [2.05, 4.69) is 0 Å².